The second kappa shape index (κ2) is 7.02. The Kier molecular flexibility index (Phi) is 4.22. The Morgan fingerprint density at radius 3 is 2.62 bits per heavy atom. The van der Waals surface area contributed by atoms with Crippen molar-refractivity contribution >= 4 is 5.65 Å². The van der Waals surface area contributed by atoms with E-state index in [4.69, 9.17) is 10.1 Å². The lowest BCUT2D eigenvalue weighted by Crippen LogP contribution is -2.54. The number of nitriles is 1. The van der Waals surface area contributed by atoms with Crippen LogP contribution < -0.4 is 0 Å². The topological polar surface area (TPSA) is 89.6 Å². The summed E-state index contributed by atoms with van der Waals surface area (Å²) in [5, 5.41) is 18.6. The average Bonchev–Trinajstić information content (AvgIpc) is 3.53. The summed E-state index contributed by atoms with van der Waals surface area (Å²) in [7, 11) is 1.90. The predicted octanol–water partition coefficient (Wildman–Crippen LogP) is 4.35. The second-order valence-corrected chi connectivity index (χ2v) is 9.67. The fourth-order valence-electron chi connectivity index (χ4n) is 6.04. The molecule has 2 saturated carbocycles. The van der Waals surface area contributed by atoms with Gasteiger partial charge in [0.2, 0.25) is 0 Å². The Bertz CT molecular complexity index is 1320. The molecular formula is C24H26N8. The van der Waals surface area contributed by atoms with Crippen molar-refractivity contribution in [2.75, 3.05) is 0 Å². The third-order valence-corrected chi connectivity index (χ3v) is 7.45. The Hall–Kier alpha value is -3.47. The molecule has 8 nitrogen and oxygen atoms in total. The molecule has 4 aromatic heterocycles. The third kappa shape index (κ3) is 2.95. The van der Waals surface area contributed by atoms with E-state index in [9.17, 15) is 5.26 Å². The van der Waals surface area contributed by atoms with Gasteiger partial charge in [-0.15, -0.1) is 0 Å². The Morgan fingerprint density at radius 1 is 1.06 bits per heavy atom. The Labute approximate surface area is 186 Å². The van der Waals surface area contributed by atoms with Crippen LogP contribution >= 0.6 is 0 Å². The number of hydrogen-bond acceptors (Lipinski definition) is 5. The highest BCUT2D eigenvalue weighted by Gasteiger charge is 2.55. The van der Waals surface area contributed by atoms with Gasteiger partial charge < -0.3 is 0 Å². The molecule has 162 valence electrons. The largest absolute Gasteiger partial charge is 0.284 e. The maximum absolute atomic E-state index is 9.59. The molecule has 4 heterocycles. The van der Waals surface area contributed by atoms with Crippen molar-refractivity contribution in [3.05, 3.63) is 43.2 Å². The highest BCUT2D eigenvalue weighted by atomic mass is 15.3. The lowest BCUT2D eigenvalue weighted by Gasteiger charge is -2.57. The van der Waals surface area contributed by atoms with Gasteiger partial charge in [0.25, 0.3) is 0 Å². The molecular weight excluding hydrogens is 400 g/mol. The van der Waals surface area contributed by atoms with E-state index in [2.05, 4.69) is 22.3 Å². The molecule has 8 heteroatoms. The van der Waals surface area contributed by atoms with Crippen molar-refractivity contribution in [3.63, 3.8) is 0 Å². The summed E-state index contributed by atoms with van der Waals surface area (Å²) < 4.78 is 5.81. The van der Waals surface area contributed by atoms with Crippen LogP contribution in [-0.2, 0) is 12.6 Å². The van der Waals surface area contributed by atoms with Gasteiger partial charge in [0, 0.05) is 43.5 Å². The van der Waals surface area contributed by atoms with Crippen LogP contribution in [0.3, 0.4) is 0 Å². The maximum Gasteiger partial charge on any atom is 0.149 e. The molecule has 0 aliphatic heterocycles. The average molecular weight is 427 g/mol. The summed E-state index contributed by atoms with van der Waals surface area (Å²) in [6.07, 6.45) is 20.6. The first-order valence-electron chi connectivity index (χ1n) is 11.4. The summed E-state index contributed by atoms with van der Waals surface area (Å²) in [6.45, 7) is 0. The fourth-order valence-corrected chi connectivity index (χ4v) is 6.04. The summed E-state index contributed by atoms with van der Waals surface area (Å²) in [5.41, 5.74) is 3.76. The molecule has 4 aromatic rings. The van der Waals surface area contributed by atoms with Crippen LogP contribution in [0, 0.1) is 16.7 Å². The molecule has 6 rings (SSSR count). The number of nitrogens with zero attached hydrogens (tertiary/aromatic N) is 8. The second-order valence-electron chi connectivity index (χ2n) is 9.67. The SMILES string of the molecule is Cn1cc(-c2cc3nccn3c(-c3cnn(C4(CC#N)CC5(CCCCC5)C4)c3)n2)cn1. The summed E-state index contributed by atoms with van der Waals surface area (Å²) in [4.78, 5) is 9.44. The van der Waals surface area contributed by atoms with E-state index in [1.807, 2.05) is 47.0 Å². The van der Waals surface area contributed by atoms with Crippen molar-refractivity contribution < 1.29 is 0 Å². The van der Waals surface area contributed by atoms with Crippen LogP contribution in [-0.4, -0.2) is 33.9 Å². The fraction of sp³-hybridized carbons (Fsp3) is 0.458. The van der Waals surface area contributed by atoms with E-state index in [1.165, 1.54) is 32.1 Å². The van der Waals surface area contributed by atoms with Crippen molar-refractivity contribution in [1.82, 2.24) is 33.9 Å². The molecule has 0 saturated heterocycles. The van der Waals surface area contributed by atoms with Gasteiger partial charge in [-0.3, -0.25) is 13.8 Å². The summed E-state index contributed by atoms with van der Waals surface area (Å²) >= 11 is 0. The number of hydrogen-bond donors (Lipinski definition) is 0. The monoisotopic (exact) mass is 426 g/mol. The van der Waals surface area contributed by atoms with Crippen LogP contribution in [0.2, 0.25) is 0 Å². The van der Waals surface area contributed by atoms with Gasteiger partial charge in [0.05, 0.1) is 41.7 Å². The van der Waals surface area contributed by atoms with Gasteiger partial charge in [-0.1, -0.05) is 19.3 Å². The maximum atomic E-state index is 9.59. The van der Waals surface area contributed by atoms with Crippen LogP contribution in [0.15, 0.2) is 43.2 Å². The highest BCUT2D eigenvalue weighted by Crippen LogP contribution is 2.61. The predicted molar refractivity (Wildman–Crippen MR) is 119 cm³/mol. The number of imidazole rings is 1. The molecule has 0 unspecified atom stereocenters. The number of fused-ring (bicyclic) bond motifs is 1. The lowest BCUT2D eigenvalue weighted by molar-refractivity contribution is -0.0598. The van der Waals surface area contributed by atoms with E-state index in [1.54, 1.807) is 10.9 Å². The number of rotatable bonds is 4. The van der Waals surface area contributed by atoms with E-state index in [0.29, 0.717) is 11.8 Å². The minimum atomic E-state index is -0.195. The smallest absolute Gasteiger partial charge is 0.149 e. The Morgan fingerprint density at radius 2 is 1.88 bits per heavy atom. The molecule has 0 bridgehead atoms. The molecule has 1 spiro atoms. The number of aromatic nitrogens is 7. The molecule has 2 aliphatic carbocycles. The zero-order chi connectivity index (χ0) is 21.8. The van der Waals surface area contributed by atoms with Gasteiger partial charge in [-0.05, 0) is 31.1 Å². The van der Waals surface area contributed by atoms with Crippen molar-refractivity contribution in [2.24, 2.45) is 12.5 Å². The van der Waals surface area contributed by atoms with E-state index in [0.717, 1.165) is 41.1 Å². The molecule has 32 heavy (non-hydrogen) atoms. The number of aryl methyl sites for hydroxylation is 1. The van der Waals surface area contributed by atoms with Crippen molar-refractivity contribution in [3.8, 4) is 28.7 Å². The molecule has 0 N–H and O–H groups in total. The highest BCUT2D eigenvalue weighted by molar-refractivity contribution is 5.68. The Balaban J connectivity index is 1.39. The molecule has 0 aromatic carbocycles. The third-order valence-electron chi connectivity index (χ3n) is 7.45. The van der Waals surface area contributed by atoms with E-state index >= 15 is 0 Å². The van der Waals surface area contributed by atoms with E-state index in [-0.39, 0.29) is 5.54 Å². The first-order valence-corrected chi connectivity index (χ1v) is 11.4. The van der Waals surface area contributed by atoms with Gasteiger partial charge in [0.15, 0.2) is 0 Å². The van der Waals surface area contributed by atoms with Crippen molar-refractivity contribution in [1.29, 1.82) is 5.26 Å². The molecule has 2 aliphatic rings. The quantitative estimate of drug-likeness (QED) is 0.484. The normalized spacial score (nSPS) is 19.1. The minimum Gasteiger partial charge on any atom is -0.284 e. The standard InChI is InChI=1S/C24H26N8/c1-30-14-18(12-27-30)20-11-21-26-9-10-31(21)22(29-20)19-13-28-32(15-19)24(7-8-25)16-23(17-24)5-3-2-4-6-23/h9-15H,2-7,16-17H2,1H3. The van der Waals surface area contributed by atoms with Gasteiger partial charge in [0.1, 0.15) is 11.5 Å². The zero-order valence-corrected chi connectivity index (χ0v) is 18.3. The molecule has 0 amide bonds. The van der Waals surface area contributed by atoms with Gasteiger partial charge in [-0.25, -0.2) is 9.97 Å². The first kappa shape index (κ1) is 19.2. The van der Waals surface area contributed by atoms with Crippen LogP contribution in [0.1, 0.15) is 51.4 Å². The van der Waals surface area contributed by atoms with E-state index < -0.39 is 0 Å². The van der Waals surface area contributed by atoms with Crippen LogP contribution in [0.25, 0.3) is 28.3 Å². The van der Waals surface area contributed by atoms with Gasteiger partial charge in [-0.2, -0.15) is 15.5 Å². The molecule has 2 fully saturated rings. The lowest BCUT2D eigenvalue weighted by atomic mass is 9.51. The first-order chi connectivity index (χ1) is 15.6. The summed E-state index contributed by atoms with van der Waals surface area (Å²) in [5.74, 6) is 0.795. The zero-order valence-electron chi connectivity index (χ0n) is 18.3. The molecule has 0 radical (unpaired) electrons. The molecule has 0 atom stereocenters. The van der Waals surface area contributed by atoms with Crippen LogP contribution in [0.4, 0.5) is 0 Å². The van der Waals surface area contributed by atoms with Crippen LogP contribution in [0.5, 0.6) is 0 Å². The van der Waals surface area contributed by atoms with Gasteiger partial charge >= 0.3 is 0 Å². The minimum absolute atomic E-state index is 0.195. The summed E-state index contributed by atoms with van der Waals surface area (Å²) in [6, 6.07) is 4.41. The van der Waals surface area contributed by atoms with Crippen molar-refractivity contribution in [2.45, 2.75) is 56.9 Å².